The van der Waals surface area contributed by atoms with E-state index >= 15 is 0 Å². The van der Waals surface area contributed by atoms with Crippen molar-refractivity contribution in [1.82, 2.24) is 9.80 Å². The van der Waals surface area contributed by atoms with Gasteiger partial charge in [-0.3, -0.25) is 4.79 Å². The van der Waals surface area contributed by atoms with Crippen molar-refractivity contribution in [2.75, 3.05) is 25.5 Å². The first-order chi connectivity index (χ1) is 18.1. The molecule has 0 radical (unpaired) electrons. The molecule has 1 saturated heterocycles. The van der Waals surface area contributed by atoms with E-state index < -0.39 is 0 Å². The van der Waals surface area contributed by atoms with Gasteiger partial charge in [0, 0.05) is 40.2 Å². The predicted octanol–water partition coefficient (Wildman–Crippen LogP) is 7.46. The van der Waals surface area contributed by atoms with Crippen LogP contribution >= 0.6 is 39.1 Å². The largest absolute Gasteiger partial charge is 0.457 e. The van der Waals surface area contributed by atoms with Gasteiger partial charge in [-0.05, 0) is 56.3 Å². The van der Waals surface area contributed by atoms with E-state index in [0.717, 1.165) is 10.0 Å². The Kier molecular flexibility index (Phi) is 9.20. The van der Waals surface area contributed by atoms with E-state index in [-0.39, 0.29) is 30.7 Å². The van der Waals surface area contributed by atoms with E-state index in [0.29, 0.717) is 45.9 Å². The Labute approximate surface area is 240 Å². The number of carbonyl (C=O) groups excluding carboxylic acids is 2. The molecule has 1 N–H and O–H groups in total. The number of carbonyl (C=O) groups is 2. The lowest BCUT2D eigenvalue weighted by Gasteiger charge is -2.35. The molecule has 3 amide bonds. The first-order valence-electron chi connectivity index (χ1n) is 12.1. The van der Waals surface area contributed by atoms with E-state index in [9.17, 15) is 9.59 Å². The molecule has 2 atom stereocenters. The number of amides is 3. The van der Waals surface area contributed by atoms with Gasteiger partial charge in [-0.15, -0.1) is 0 Å². The van der Waals surface area contributed by atoms with Crippen molar-refractivity contribution in [2.45, 2.75) is 32.6 Å². The fourth-order valence-electron chi connectivity index (χ4n) is 4.30. The maximum atomic E-state index is 13.3. The van der Waals surface area contributed by atoms with Crippen LogP contribution in [0.5, 0.6) is 11.5 Å². The molecular weight excluding hydrogens is 593 g/mol. The van der Waals surface area contributed by atoms with Gasteiger partial charge in [0.05, 0.1) is 30.0 Å². The minimum absolute atomic E-state index is 0.0548. The van der Waals surface area contributed by atoms with Gasteiger partial charge in [-0.25, -0.2) is 4.79 Å². The predicted molar refractivity (Wildman–Crippen MR) is 154 cm³/mol. The fraction of sp³-hybridized carbons (Fsp3) is 0.286. The number of hydrogen-bond donors (Lipinski definition) is 1. The Morgan fingerprint density at radius 3 is 2.39 bits per heavy atom. The van der Waals surface area contributed by atoms with Gasteiger partial charge in [0.1, 0.15) is 11.5 Å². The number of benzene rings is 3. The van der Waals surface area contributed by atoms with Crippen LogP contribution in [0, 0.1) is 0 Å². The van der Waals surface area contributed by atoms with Crippen molar-refractivity contribution in [2.24, 2.45) is 0 Å². The molecule has 0 aromatic heterocycles. The highest BCUT2D eigenvalue weighted by molar-refractivity contribution is 9.10. The number of nitrogens with one attached hydrogen (secondary N) is 1. The molecular formula is C28H28BrCl2N3O4. The number of ether oxygens (including phenoxy) is 2. The van der Waals surface area contributed by atoms with Gasteiger partial charge < -0.3 is 24.6 Å². The van der Waals surface area contributed by atoms with Crippen LogP contribution in [0.2, 0.25) is 10.0 Å². The average molecular weight is 621 g/mol. The molecule has 0 spiro atoms. The molecule has 7 nitrogen and oxygen atoms in total. The Balaban J connectivity index is 1.49. The fourth-order valence-corrected chi connectivity index (χ4v) is 5.15. The van der Waals surface area contributed by atoms with Crippen molar-refractivity contribution in [3.05, 3.63) is 86.3 Å². The number of rotatable bonds is 6. The highest BCUT2D eigenvalue weighted by atomic mass is 79.9. The molecule has 0 bridgehead atoms. The first-order valence-corrected chi connectivity index (χ1v) is 13.6. The molecule has 0 aliphatic carbocycles. The number of nitrogens with zero attached hydrogens (tertiary/aromatic N) is 2. The summed E-state index contributed by atoms with van der Waals surface area (Å²) in [5.74, 6) is 0.881. The van der Waals surface area contributed by atoms with Crippen LogP contribution < -0.4 is 10.1 Å². The van der Waals surface area contributed by atoms with Crippen molar-refractivity contribution >= 4 is 56.8 Å². The Morgan fingerprint density at radius 1 is 1.05 bits per heavy atom. The van der Waals surface area contributed by atoms with Gasteiger partial charge in [0.2, 0.25) is 0 Å². The SMILES string of the molecule is CC1CN(C(=O)c2ccccc2NC(=O)N(C)Cc2ccc(Br)cc2Oc2cc(Cl)cc(Cl)c2)CC(C)O1. The van der Waals surface area contributed by atoms with Crippen LogP contribution in [-0.2, 0) is 11.3 Å². The van der Waals surface area contributed by atoms with Gasteiger partial charge in [0.25, 0.3) is 5.91 Å². The molecule has 10 heteroatoms. The molecule has 1 aliphatic heterocycles. The summed E-state index contributed by atoms with van der Waals surface area (Å²) in [5, 5.41) is 3.80. The standard InChI is InChI=1S/C28H28BrCl2N3O4/c1-17-14-34(15-18(2)37-17)27(35)24-6-4-5-7-25(24)32-28(36)33(3)16-19-8-9-20(29)10-26(19)38-23-12-21(30)11-22(31)13-23/h4-13,17-18H,14-16H2,1-3H3,(H,32,36). The summed E-state index contributed by atoms with van der Waals surface area (Å²) in [5.41, 5.74) is 1.64. The van der Waals surface area contributed by atoms with E-state index in [1.165, 1.54) is 4.90 Å². The molecule has 1 aliphatic rings. The Morgan fingerprint density at radius 2 is 1.71 bits per heavy atom. The highest BCUT2D eigenvalue weighted by Crippen LogP contribution is 2.33. The number of halogens is 3. The summed E-state index contributed by atoms with van der Waals surface area (Å²) < 4.78 is 12.6. The topological polar surface area (TPSA) is 71.1 Å². The van der Waals surface area contributed by atoms with Crippen molar-refractivity contribution < 1.29 is 19.1 Å². The molecule has 0 saturated carbocycles. The lowest BCUT2D eigenvalue weighted by atomic mass is 10.1. The summed E-state index contributed by atoms with van der Waals surface area (Å²) in [6.45, 7) is 5.13. The average Bonchev–Trinajstić information content (AvgIpc) is 2.84. The Hall–Kier alpha value is -2.78. The smallest absolute Gasteiger partial charge is 0.321 e. The molecule has 200 valence electrons. The zero-order valence-corrected chi connectivity index (χ0v) is 24.3. The first kappa shape index (κ1) is 28.2. The molecule has 4 rings (SSSR count). The maximum Gasteiger partial charge on any atom is 0.321 e. The number of morpholine rings is 1. The lowest BCUT2D eigenvalue weighted by Crippen LogP contribution is -2.48. The molecule has 1 fully saturated rings. The summed E-state index contributed by atoms with van der Waals surface area (Å²) in [4.78, 5) is 29.8. The van der Waals surface area contributed by atoms with Crippen LogP contribution in [-0.4, -0.2) is 54.1 Å². The van der Waals surface area contributed by atoms with Gasteiger partial charge >= 0.3 is 6.03 Å². The van der Waals surface area contributed by atoms with E-state index in [1.54, 1.807) is 54.4 Å². The summed E-state index contributed by atoms with van der Waals surface area (Å²) >= 11 is 15.7. The molecule has 1 heterocycles. The van der Waals surface area contributed by atoms with Crippen molar-refractivity contribution in [3.63, 3.8) is 0 Å². The zero-order valence-electron chi connectivity index (χ0n) is 21.2. The number of anilines is 1. The van der Waals surface area contributed by atoms with Gasteiger partial charge in [0.15, 0.2) is 0 Å². The second-order valence-electron chi connectivity index (χ2n) is 9.26. The molecule has 3 aromatic carbocycles. The van der Waals surface area contributed by atoms with Crippen LogP contribution in [0.4, 0.5) is 10.5 Å². The third-order valence-corrected chi connectivity index (χ3v) is 6.88. The van der Waals surface area contributed by atoms with Crippen LogP contribution in [0.1, 0.15) is 29.8 Å². The van der Waals surface area contributed by atoms with E-state index in [4.69, 9.17) is 32.7 Å². The second-order valence-corrected chi connectivity index (χ2v) is 11.0. The number of para-hydroxylation sites is 1. The minimum atomic E-state index is -0.367. The van der Waals surface area contributed by atoms with E-state index in [2.05, 4.69) is 21.2 Å². The van der Waals surface area contributed by atoms with E-state index in [1.807, 2.05) is 32.0 Å². The summed E-state index contributed by atoms with van der Waals surface area (Å²) in [7, 11) is 1.67. The monoisotopic (exact) mass is 619 g/mol. The van der Waals surface area contributed by atoms with Crippen molar-refractivity contribution in [3.8, 4) is 11.5 Å². The lowest BCUT2D eigenvalue weighted by molar-refractivity contribution is -0.0585. The second kappa shape index (κ2) is 12.4. The van der Waals surface area contributed by atoms with Gasteiger partial charge in [-0.1, -0.05) is 57.3 Å². The molecule has 3 aromatic rings. The quantitative estimate of drug-likeness (QED) is 0.310. The zero-order chi connectivity index (χ0) is 27.4. The normalized spacial score (nSPS) is 17.2. The van der Waals surface area contributed by atoms with Gasteiger partial charge in [-0.2, -0.15) is 0 Å². The molecule has 2 unspecified atom stereocenters. The number of urea groups is 1. The third kappa shape index (κ3) is 7.20. The van der Waals surface area contributed by atoms with Crippen LogP contribution in [0.25, 0.3) is 0 Å². The summed E-state index contributed by atoms with van der Waals surface area (Å²) in [6.07, 6.45) is -0.110. The number of hydrogen-bond acceptors (Lipinski definition) is 4. The van der Waals surface area contributed by atoms with Crippen molar-refractivity contribution in [1.29, 1.82) is 0 Å². The van der Waals surface area contributed by atoms with Crippen LogP contribution in [0.15, 0.2) is 65.1 Å². The van der Waals surface area contributed by atoms with Crippen LogP contribution in [0.3, 0.4) is 0 Å². The maximum absolute atomic E-state index is 13.3. The summed E-state index contributed by atoms with van der Waals surface area (Å²) in [6, 6.07) is 17.2. The third-order valence-electron chi connectivity index (χ3n) is 5.95. The highest BCUT2D eigenvalue weighted by Gasteiger charge is 2.28. The Bertz CT molecular complexity index is 1310. The molecule has 38 heavy (non-hydrogen) atoms. The minimum Gasteiger partial charge on any atom is -0.457 e.